The van der Waals surface area contributed by atoms with E-state index in [0.717, 1.165) is 0 Å². The molecule has 1 atom stereocenters. The van der Waals surface area contributed by atoms with Gasteiger partial charge in [-0.2, -0.15) is 0 Å². The maximum Gasteiger partial charge on any atom is 0.176 e. The zero-order valence-corrected chi connectivity index (χ0v) is 7.65. The van der Waals surface area contributed by atoms with Crippen LogP contribution in [0, 0.1) is 0 Å². The fourth-order valence-corrected chi connectivity index (χ4v) is 0.549. The summed E-state index contributed by atoms with van der Waals surface area (Å²) in [5, 5.41) is 8.81. The summed E-state index contributed by atoms with van der Waals surface area (Å²) in [5.41, 5.74) is 0. The van der Waals surface area contributed by atoms with Crippen LogP contribution in [0.3, 0.4) is 0 Å². The van der Waals surface area contributed by atoms with Crippen LogP contribution in [-0.4, -0.2) is 21.7 Å². The second-order valence-electron chi connectivity index (χ2n) is 1.18. The van der Waals surface area contributed by atoms with Crippen molar-refractivity contribution < 1.29 is 9.84 Å². The number of hydrogen-bond donors (Lipinski definition) is 1. The van der Waals surface area contributed by atoms with Crippen molar-refractivity contribution in [2.45, 2.75) is 17.0 Å². The highest BCUT2D eigenvalue weighted by Gasteiger charge is 2.10. The van der Waals surface area contributed by atoms with Crippen LogP contribution >= 0.6 is 31.9 Å². The van der Waals surface area contributed by atoms with E-state index in [-0.39, 0.29) is 3.74 Å². The molecule has 0 aromatic rings. The minimum atomic E-state index is -0.750. The van der Waals surface area contributed by atoms with E-state index >= 15 is 0 Å². The quantitative estimate of drug-likeness (QED) is 0.605. The lowest BCUT2D eigenvalue weighted by Gasteiger charge is -2.09. The van der Waals surface area contributed by atoms with Gasteiger partial charge in [0.25, 0.3) is 0 Å². The molecule has 0 bridgehead atoms. The van der Waals surface area contributed by atoms with Crippen LogP contribution in [0.15, 0.2) is 0 Å². The Labute approximate surface area is 65.5 Å². The third-order valence-corrected chi connectivity index (χ3v) is 1.46. The van der Waals surface area contributed by atoms with E-state index < -0.39 is 6.29 Å². The molecule has 0 aliphatic rings. The fraction of sp³-hybridized carbons (Fsp3) is 1.00. The molecule has 0 aliphatic carbocycles. The molecule has 0 aromatic heterocycles. The molecule has 50 valence electrons. The van der Waals surface area contributed by atoms with Crippen LogP contribution in [0.4, 0.5) is 0 Å². The van der Waals surface area contributed by atoms with E-state index in [9.17, 15) is 0 Å². The highest BCUT2D eigenvalue weighted by molar-refractivity contribution is 9.24. The number of aliphatic hydroxyl groups excluding tert-OH is 1. The molecular weight excluding hydrogens is 240 g/mol. The first kappa shape index (κ1) is 8.88. The number of hydrogen-bond acceptors (Lipinski definition) is 2. The van der Waals surface area contributed by atoms with E-state index in [1.807, 2.05) is 6.92 Å². The zero-order valence-electron chi connectivity index (χ0n) is 4.47. The molecular formula is C4H8Br2O2. The predicted octanol–water partition coefficient (Wildman–Crippen LogP) is 1.46. The van der Waals surface area contributed by atoms with E-state index in [1.165, 1.54) is 0 Å². The fourth-order valence-electron chi connectivity index (χ4n) is 0.243. The Bertz CT molecular complexity index is 58.0. The Morgan fingerprint density at radius 1 is 1.62 bits per heavy atom. The Balaban J connectivity index is 3.17. The van der Waals surface area contributed by atoms with E-state index in [1.54, 1.807) is 0 Å². The smallest absolute Gasteiger partial charge is 0.176 e. The maximum absolute atomic E-state index is 8.81. The van der Waals surface area contributed by atoms with Gasteiger partial charge in [0.2, 0.25) is 0 Å². The topological polar surface area (TPSA) is 29.5 Å². The average molecular weight is 248 g/mol. The van der Waals surface area contributed by atoms with Crippen molar-refractivity contribution in [2.75, 3.05) is 6.61 Å². The maximum atomic E-state index is 8.81. The number of aliphatic hydroxyl groups is 1. The van der Waals surface area contributed by atoms with Crippen molar-refractivity contribution in [1.82, 2.24) is 0 Å². The summed E-state index contributed by atoms with van der Waals surface area (Å²) in [6.45, 7) is 2.35. The van der Waals surface area contributed by atoms with Gasteiger partial charge in [-0.15, -0.1) is 0 Å². The Morgan fingerprint density at radius 2 is 2.12 bits per heavy atom. The zero-order chi connectivity index (χ0) is 6.57. The average Bonchev–Trinajstić information content (AvgIpc) is 1.67. The highest BCUT2D eigenvalue weighted by Crippen LogP contribution is 2.13. The van der Waals surface area contributed by atoms with Crippen LogP contribution in [0.1, 0.15) is 6.92 Å². The molecule has 0 saturated carbocycles. The molecule has 0 radical (unpaired) electrons. The monoisotopic (exact) mass is 246 g/mol. The summed E-state index contributed by atoms with van der Waals surface area (Å²) in [7, 11) is 0. The van der Waals surface area contributed by atoms with Gasteiger partial charge in [0.1, 0.15) is 3.74 Å². The normalized spacial score (nSPS) is 14.6. The Kier molecular flexibility index (Phi) is 5.25. The van der Waals surface area contributed by atoms with Gasteiger partial charge in [0, 0.05) is 6.61 Å². The molecule has 4 heteroatoms. The van der Waals surface area contributed by atoms with Crippen molar-refractivity contribution in [3.05, 3.63) is 0 Å². The molecule has 0 aliphatic heterocycles. The van der Waals surface area contributed by atoms with Gasteiger partial charge in [-0.25, -0.2) is 0 Å². The van der Waals surface area contributed by atoms with Crippen LogP contribution in [-0.2, 0) is 4.74 Å². The van der Waals surface area contributed by atoms with Gasteiger partial charge in [0.05, 0.1) is 0 Å². The van der Waals surface area contributed by atoms with Crippen molar-refractivity contribution in [2.24, 2.45) is 0 Å². The van der Waals surface area contributed by atoms with Gasteiger partial charge < -0.3 is 9.84 Å². The SMILES string of the molecule is CCOC(O)C(Br)Br. The number of ether oxygens (including phenoxy) is 1. The minimum absolute atomic E-state index is 0.171. The summed E-state index contributed by atoms with van der Waals surface area (Å²) in [6, 6.07) is 0. The molecule has 1 N–H and O–H groups in total. The van der Waals surface area contributed by atoms with Gasteiger partial charge in [-0.05, 0) is 6.92 Å². The van der Waals surface area contributed by atoms with Crippen molar-refractivity contribution in [3.8, 4) is 0 Å². The lowest BCUT2D eigenvalue weighted by Crippen LogP contribution is -2.18. The van der Waals surface area contributed by atoms with Gasteiger partial charge >= 0.3 is 0 Å². The van der Waals surface area contributed by atoms with Crippen LogP contribution in [0.25, 0.3) is 0 Å². The second-order valence-corrected chi connectivity index (χ2v) is 4.38. The summed E-state index contributed by atoms with van der Waals surface area (Å²) < 4.78 is 4.59. The van der Waals surface area contributed by atoms with Crippen LogP contribution < -0.4 is 0 Å². The first-order valence-electron chi connectivity index (χ1n) is 2.26. The molecule has 1 unspecified atom stereocenters. The van der Waals surface area contributed by atoms with Gasteiger partial charge in [-0.1, -0.05) is 31.9 Å². The van der Waals surface area contributed by atoms with Crippen LogP contribution in [0.2, 0.25) is 0 Å². The first-order chi connectivity index (χ1) is 3.68. The lowest BCUT2D eigenvalue weighted by molar-refractivity contribution is -0.0799. The molecule has 0 aromatic carbocycles. The first-order valence-corrected chi connectivity index (χ1v) is 4.09. The largest absolute Gasteiger partial charge is 0.366 e. The third-order valence-electron chi connectivity index (χ3n) is 0.553. The molecule has 0 spiro atoms. The van der Waals surface area contributed by atoms with Crippen LogP contribution in [0.5, 0.6) is 0 Å². The summed E-state index contributed by atoms with van der Waals surface area (Å²) in [5.74, 6) is 0. The number of rotatable bonds is 3. The molecule has 0 heterocycles. The molecule has 0 rings (SSSR count). The lowest BCUT2D eigenvalue weighted by atomic mass is 10.7. The van der Waals surface area contributed by atoms with E-state index in [2.05, 4.69) is 31.9 Å². The van der Waals surface area contributed by atoms with E-state index in [4.69, 9.17) is 9.84 Å². The van der Waals surface area contributed by atoms with Gasteiger partial charge in [0.15, 0.2) is 6.29 Å². The molecule has 8 heavy (non-hydrogen) atoms. The Hall–Kier alpha value is 0.880. The molecule has 0 saturated heterocycles. The second kappa shape index (κ2) is 4.73. The third kappa shape index (κ3) is 3.83. The number of alkyl halides is 2. The van der Waals surface area contributed by atoms with Crippen molar-refractivity contribution in [1.29, 1.82) is 0 Å². The standard InChI is InChI=1S/C4H8Br2O2/c1-2-8-4(7)3(5)6/h3-4,7H,2H2,1H3. The van der Waals surface area contributed by atoms with Crippen molar-refractivity contribution in [3.63, 3.8) is 0 Å². The predicted molar refractivity (Wildman–Crippen MR) is 39.3 cm³/mol. The highest BCUT2D eigenvalue weighted by atomic mass is 79.9. The number of halogens is 2. The Morgan fingerprint density at radius 3 is 2.25 bits per heavy atom. The summed E-state index contributed by atoms with van der Waals surface area (Å²) >= 11 is 6.16. The summed E-state index contributed by atoms with van der Waals surface area (Å²) in [4.78, 5) is 0. The minimum Gasteiger partial charge on any atom is -0.366 e. The molecule has 0 fully saturated rings. The van der Waals surface area contributed by atoms with E-state index in [0.29, 0.717) is 6.61 Å². The molecule has 0 amide bonds. The summed E-state index contributed by atoms with van der Waals surface area (Å²) in [6.07, 6.45) is -0.750. The molecule has 2 nitrogen and oxygen atoms in total. The van der Waals surface area contributed by atoms with Crippen molar-refractivity contribution >= 4 is 31.9 Å². The van der Waals surface area contributed by atoms with Gasteiger partial charge in [-0.3, -0.25) is 0 Å².